The Kier molecular flexibility index (Phi) is 6.23. The number of nitro groups is 1. The molecule has 1 aliphatic heterocycles. The molecule has 2 rings (SSSR count). The molecule has 0 spiro atoms. The topological polar surface area (TPSA) is 131 Å². The van der Waals surface area contributed by atoms with Gasteiger partial charge in [-0.05, 0) is 12.1 Å². The van der Waals surface area contributed by atoms with Crippen molar-refractivity contribution in [1.29, 1.82) is 0 Å². The number of esters is 2. The first-order valence-electron chi connectivity index (χ1n) is 7.64. The first-order chi connectivity index (χ1) is 12.3. The fourth-order valence-corrected chi connectivity index (χ4v) is 2.53. The van der Waals surface area contributed by atoms with Gasteiger partial charge in [0, 0.05) is 31.4 Å². The Balaban J connectivity index is 2.23. The van der Waals surface area contributed by atoms with Crippen molar-refractivity contribution < 1.29 is 38.3 Å². The van der Waals surface area contributed by atoms with Gasteiger partial charge in [0.25, 0.3) is 0 Å². The third-order valence-electron chi connectivity index (χ3n) is 3.62. The van der Waals surface area contributed by atoms with E-state index in [4.69, 9.17) is 14.2 Å². The molecule has 1 aromatic carbocycles. The highest BCUT2D eigenvalue weighted by molar-refractivity contribution is 5.77. The van der Waals surface area contributed by atoms with Gasteiger partial charge in [-0.1, -0.05) is 0 Å². The van der Waals surface area contributed by atoms with E-state index in [1.807, 2.05) is 0 Å². The van der Waals surface area contributed by atoms with Crippen LogP contribution in [-0.4, -0.2) is 48.8 Å². The fraction of sp³-hybridized carbons (Fsp3) is 0.438. The first kappa shape index (κ1) is 19.3. The van der Waals surface area contributed by atoms with Gasteiger partial charge in [0.1, 0.15) is 12.4 Å². The molecule has 0 N–H and O–H groups in total. The molecule has 26 heavy (non-hydrogen) atoms. The maximum atomic E-state index is 11.8. The van der Waals surface area contributed by atoms with E-state index < -0.39 is 41.0 Å². The number of carbonyl (C=O) groups excluding carboxylic acids is 3. The van der Waals surface area contributed by atoms with Crippen LogP contribution in [0, 0.1) is 10.1 Å². The van der Waals surface area contributed by atoms with Crippen LogP contribution in [-0.2, 0) is 23.8 Å². The average Bonchev–Trinajstić information content (AvgIpc) is 2.60. The number of rotatable bonds is 6. The molecular formula is C16H17NO9. The van der Waals surface area contributed by atoms with Crippen LogP contribution >= 0.6 is 0 Å². The Morgan fingerprint density at radius 3 is 2.65 bits per heavy atom. The summed E-state index contributed by atoms with van der Waals surface area (Å²) in [5.74, 6) is -1.36. The lowest BCUT2D eigenvalue weighted by atomic mass is 10.0. The second-order valence-electron chi connectivity index (χ2n) is 5.50. The van der Waals surface area contributed by atoms with Crippen LogP contribution < -0.4 is 4.74 Å². The third kappa shape index (κ3) is 4.76. The predicted molar refractivity (Wildman–Crippen MR) is 84.6 cm³/mol. The van der Waals surface area contributed by atoms with E-state index >= 15 is 0 Å². The van der Waals surface area contributed by atoms with Gasteiger partial charge >= 0.3 is 17.6 Å². The normalized spacial score (nSPS) is 22.2. The van der Waals surface area contributed by atoms with E-state index in [0.717, 1.165) is 6.07 Å². The number of aldehydes is 1. The van der Waals surface area contributed by atoms with Crippen LogP contribution in [0.5, 0.6) is 5.75 Å². The molecule has 0 aromatic heterocycles. The molecular weight excluding hydrogens is 350 g/mol. The van der Waals surface area contributed by atoms with Crippen molar-refractivity contribution >= 4 is 23.9 Å². The van der Waals surface area contributed by atoms with Crippen molar-refractivity contribution in [2.75, 3.05) is 7.11 Å². The predicted octanol–water partition coefficient (Wildman–Crippen LogP) is 1.40. The highest BCUT2D eigenvalue weighted by Crippen LogP contribution is 2.32. The van der Waals surface area contributed by atoms with Gasteiger partial charge in [0.05, 0.1) is 12.0 Å². The smallest absolute Gasteiger partial charge is 0.335 e. The van der Waals surface area contributed by atoms with E-state index in [1.165, 1.54) is 26.2 Å². The minimum atomic E-state index is -1.09. The van der Waals surface area contributed by atoms with Crippen molar-refractivity contribution in [2.45, 2.75) is 38.3 Å². The number of hydrogen-bond donors (Lipinski definition) is 0. The summed E-state index contributed by atoms with van der Waals surface area (Å²) in [5.41, 5.74) is -0.318. The molecule has 0 amide bonds. The second-order valence-corrected chi connectivity index (χ2v) is 5.50. The molecule has 1 saturated heterocycles. The first-order valence-corrected chi connectivity index (χ1v) is 7.64. The van der Waals surface area contributed by atoms with Crippen LogP contribution in [0.3, 0.4) is 0 Å². The fourth-order valence-electron chi connectivity index (χ4n) is 2.53. The number of ether oxygens (including phenoxy) is 4. The highest BCUT2D eigenvalue weighted by Gasteiger charge is 2.37. The van der Waals surface area contributed by atoms with Gasteiger partial charge < -0.3 is 18.9 Å². The summed E-state index contributed by atoms with van der Waals surface area (Å²) in [6, 6.07) is 3.67. The molecule has 0 saturated carbocycles. The van der Waals surface area contributed by atoms with E-state index in [-0.39, 0.29) is 24.2 Å². The van der Waals surface area contributed by atoms with Gasteiger partial charge in [-0.2, -0.15) is 0 Å². The van der Waals surface area contributed by atoms with Crippen molar-refractivity contribution in [3.05, 3.63) is 33.9 Å². The summed E-state index contributed by atoms with van der Waals surface area (Å²) in [6.07, 6.45) is -2.19. The standard InChI is InChI=1S/C16H17NO9/c1-9(19)24-11-6-14(16(20)23-2)26-15(7-11)25-13-4-3-10(8-18)5-12(13)17(21)22/h3-5,8,11,14-15H,6-7H2,1-2H3/t11?,14-,15?/m0/s1. The lowest BCUT2D eigenvalue weighted by Crippen LogP contribution is -2.44. The number of nitrogens with zero attached hydrogens (tertiary/aromatic N) is 1. The molecule has 1 aromatic rings. The van der Waals surface area contributed by atoms with Crippen LogP contribution in [0.4, 0.5) is 5.69 Å². The van der Waals surface area contributed by atoms with Gasteiger partial charge in [0.15, 0.2) is 11.9 Å². The summed E-state index contributed by atoms with van der Waals surface area (Å²) >= 11 is 0. The quantitative estimate of drug-likeness (QED) is 0.317. The molecule has 0 bridgehead atoms. The SMILES string of the molecule is COC(=O)[C@@H]1CC(OC(C)=O)CC(Oc2ccc(C=O)cc2[N+](=O)[O-])O1. The summed E-state index contributed by atoms with van der Waals surface area (Å²) in [4.78, 5) is 44.2. The molecule has 0 radical (unpaired) electrons. The number of hydrogen-bond acceptors (Lipinski definition) is 9. The lowest BCUT2D eigenvalue weighted by molar-refractivity contribution is -0.386. The van der Waals surface area contributed by atoms with Gasteiger partial charge in [-0.15, -0.1) is 0 Å². The van der Waals surface area contributed by atoms with Gasteiger partial charge in [-0.25, -0.2) is 4.79 Å². The monoisotopic (exact) mass is 367 g/mol. The van der Waals surface area contributed by atoms with E-state index in [2.05, 4.69) is 4.74 Å². The molecule has 1 fully saturated rings. The van der Waals surface area contributed by atoms with Gasteiger partial charge in [0.2, 0.25) is 6.29 Å². The van der Waals surface area contributed by atoms with Crippen LogP contribution in [0.2, 0.25) is 0 Å². The van der Waals surface area contributed by atoms with Gasteiger partial charge in [-0.3, -0.25) is 19.7 Å². The Morgan fingerprint density at radius 1 is 1.35 bits per heavy atom. The van der Waals surface area contributed by atoms with E-state index in [0.29, 0.717) is 6.29 Å². The van der Waals surface area contributed by atoms with Crippen LogP contribution in [0.1, 0.15) is 30.1 Å². The summed E-state index contributed by atoms with van der Waals surface area (Å²) in [5, 5.41) is 11.2. The largest absolute Gasteiger partial charge is 0.467 e. The zero-order chi connectivity index (χ0) is 19.3. The van der Waals surface area contributed by atoms with E-state index in [1.54, 1.807) is 0 Å². The van der Waals surface area contributed by atoms with Crippen molar-refractivity contribution in [2.24, 2.45) is 0 Å². The maximum Gasteiger partial charge on any atom is 0.335 e. The van der Waals surface area contributed by atoms with E-state index in [9.17, 15) is 24.5 Å². The highest BCUT2D eigenvalue weighted by atomic mass is 16.7. The molecule has 1 aliphatic rings. The molecule has 10 nitrogen and oxygen atoms in total. The summed E-state index contributed by atoms with van der Waals surface area (Å²) in [6.45, 7) is 1.22. The number of methoxy groups -OCH3 is 1. The Bertz CT molecular complexity index is 718. The Hall–Kier alpha value is -3.01. The number of carbonyl (C=O) groups is 3. The van der Waals surface area contributed by atoms with Crippen LogP contribution in [0.15, 0.2) is 18.2 Å². The molecule has 2 unspecified atom stereocenters. The molecule has 3 atom stereocenters. The Morgan fingerprint density at radius 2 is 2.08 bits per heavy atom. The Labute approximate surface area is 148 Å². The minimum absolute atomic E-state index is 0.0691. The van der Waals surface area contributed by atoms with Crippen molar-refractivity contribution in [1.82, 2.24) is 0 Å². The number of nitro benzene ring substituents is 1. The molecule has 1 heterocycles. The minimum Gasteiger partial charge on any atom is -0.467 e. The maximum absolute atomic E-state index is 11.8. The average molecular weight is 367 g/mol. The zero-order valence-electron chi connectivity index (χ0n) is 14.1. The summed E-state index contributed by atoms with van der Waals surface area (Å²) < 4.78 is 20.7. The third-order valence-corrected chi connectivity index (χ3v) is 3.62. The van der Waals surface area contributed by atoms with Crippen molar-refractivity contribution in [3.8, 4) is 5.75 Å². The number of benzene rings is 1. The van der Waals surface area contributed by atoms with Crippen molar-refractivity contribution in [3.63, 3.8) is 0 Å². The lowest BCUT2D eigenvalue weighted by Gasteiger charge is -2.33. The zero-order valence-corrected chi connectivity index (χ0v) is 14.1. The van der Waals surface area contributed by atoms with Crippen LogP contribution in [0.25, 0.3) is 0 Å². The molecule has 10 heteroatoms. The molecule has 140 valence electrons. The molecule has 0 aliphatic carbocycles. The summed E-state index contributed by atoms with van der Waals surface area (Å²) in [7, 11) is 1.18. The second kappa shape index (κ2) is 8.39.